The number of hydrogen-bond donors (Lipinski definition) is 1. The number of rotatable bonds is 3. The second kappa shape index (κ2) is 6.20. The molecule has 2 aromatic carbocycles. The molecule has 5 heteroatoms. The number of hydrogen-bond acceptors (Lipinski definition) is 1. The quantitative estimate of drug-likeness (QED) is 0.806. The van der Waals surface area contributed by atoms with Crippen molar-refractivity contribution in [2.45, 2.75) is 19.1 Å². The van der Waals surface area contributed by atoms with Crippen molar-refractivity contribution in [2.24, 2.45) is 0 Å². The van der Waals surface area contributed by atoms with Gasteiger partial charge in [-0.2, -0.15) is 13.2 Å². The van der Waals surface area contributed by atoms with E-state index in [4.69, 9.17) is 0 Å². The standard InChI is InChI=1S/C16H15BrF3N/c1-10-5-3-8-13(14(10)17)15(21-2)11-6-4-7-12(9-11)16(18,19)20/h3-9,15,21H,1-2H3. The van der Waals surface area contributed by atoms with Gasteiger partial charge in [0.15, 0.2) is 0 Å². The zero-order valence-electron chi connectivity index (χ0n) is 11.6. The van der Waals surface area contributed by atoms with E-state index in [0.29, 0.717) is 5.56 Å². The Morgan fingerprint density at radius 1 is 1.10 bits per heavy atom. The highest BCUT2D eigenvalue weighted by Gasteiger charge is 2.31. The molecule has 0 bridgehead atoms. The van der Waals surface area contributed by atoms with E-state index in [1.807, 2.05) is 25.1 Å². The third-order valence-corrected chi connectivity index (χ3v) is 4.45. The summed E-state index contributed by atoms with van der Waals surface area (Å²) < 4.78 is 39.5. The third kappa shape index (κ3) is 3.47. The van der Waals surface area contributed by atoms with Crippen LogP contribution in [0.3, 0.4) is 0 Å². The first kappa shape index (κ1) is 16.0. The lowest BCUT2D eigenvalue weighted by Crippen LogP contribution is -2.19. The summed E-state index contributed by atoms with van der Waals surface area (Å²) in [5.74, 6) is 0. The van der Waals surface area contributed by atoms with Crippen molar-refractivity contribution in [3.63, 3.8) is 0 Å². The molecule has 2 rings (SSSR count). The molecule has 1 N–H and O–H groups in total. The van der Waals surface area contributed by atoms with Crippen LogP contribution in [-0.4, -0.2) is 7.05 Å². The lowest BCUT2D eigenvalue weighted by atomic mass is 9.96. The number of aryl methyl sites for hydroxylation is 1. The first-order chi connectivity index (χ1) is 9.84. The molecule has 1 atom stereocenters. The van der Waals surface area contributed by atoms with Crippen LogP contribution in [0.5, 0.6) is 0 Å². The van der Waals surface area contributed by atoms with E-state index in [1.54, 1.807) is 13.1 Å². The maximum absolute atomic E-state index is 12.9. The van der Waals surface area contributed by atoms with E-state index in [1.165, 1.54) is 12.1 Å². The van der Waals surface area contributed by atoms with Crippen LogP contribution in [0.25, 0.3) is 0 Å². The van der Waals surface area contributed by atoms with E-state index in [2.05, 4.69) is 21.2 Å². The zero-order chi connectivity index (χ0) is 15.6. The van der Waals surface area contributed by atoms with Gasteiger partial charge in [-0.25, -0.2) is 0 Å². The van der Waals surface area contributed by atoms with Gasteiger partial charge in [-0.05, 0) is 42.8 Å². The van der Waals surface area contributed by atoms with Crippen LogP contribution < -0.4 is 5.32 Å². The summed E-state index contributed by atoms with van der Waals surface area (Å²) in [4.78, 5) is 0. The second-order valence-electron chi connectivity index (χ2n) is 4.82. The molecule has 0 heterocycles. The molecule has 0 spiro atoms. The Bertz CT molecular complexity index is 638. The molecule has 0 radical (unpaired) electrons. The highest BCUT2D eigenvalue weighted by Crippen LogP contribution is 2.34. The van der Waals surface area contributed by atoms with Gasteiger partial charge in [-0.15, -0.1) is 0 Å². The molecule has 0 fully saturated rings. The summed E-state index contributed by atoms with van der Waals surface area (Å²) in [5, 5.41) is 3.08. The van der Waals surface area contributed by atoms with Crippen molar-refractivity contribution in [3.8, 4) is 0 Å². The van der Waals surface area contributed by atoms with E-state index in [9.17, 15) is 13.2 Å². The lowest BCUT2D eigenvalue weighted by molar-refractivity contribution is -0.137. The monoisotopic (exact) mass is 357 g/mol. The molecule has 0 aliphatic rings. The summed E-state index contributed by atoms with van der Waals surface area (Å²) >= 11 is 3.51. The van der Waals surface area contributed by atoms with Gasteiger partial charge in [0.05, 0.1) is 11.6 Å². The molecule has 21 heavy (non-hydrogen) atoms. The number of alkyl halides is 3. The Morgan fingerprint density at radius 2 is 1.76 bits per heavy atom. The Balaban J connectivity index is 2.49. The summed E-state index contributed by atoms with van der Waals surface area (Å²) in [7, 11) is 1.74. The van der Waals surface area contributed by atoms with Crippen molar-refractivity contribution in [2.75, 3.05) is 7.05 Å². The molecule has 1 nitrogen and oxygen atoms in total. The smallest absolute Gasteiger partial charge is 0.309 e. The fourth-order valence-corrected chi connectivity index (χ4v) is 2.78. The molecule has 0 aliphatic carbocycles. The SMILES string of the molecule is CNC(c1cccc(C(F)(F)F)c1)c1cccc(C)c1Br. The van der Waals surface area contributed by atoms with Crippen molar-refractivity contribution >= 4 is 15.9 Å². The summed E-state index contributed by atoms with van der Waals surface area (Å²) in [5.41, 5.74) is 1.90. The summed E-state index contributed by atoms with van der Waals surface area (Å²) in [6.45, 7) is 1.95. The van der Waals surface area contributed by atoms with E-state index >= 15 is 0 Å². The molecule has 112 valence electrons. The van der Waals surface area contributed by atoms with E-state index in [0.717, 1.165) is 21.7 Å². The van der Waals surface area contributed by atoms with Crippen molar-refractivity contribution in [1.29, 1.82) is 0 Å². The Morgan fingerprint density at radius 3 is 2.38 bits per heavy atom. The van der Waals surface area contributed by atoms with Gasteiger partial charge < -0.3 is 5.32 Å². The fourth-order valence-electron chi connectivity index (χ4n) is 2.29. The van der Waals surface area contributed by atoms with Gasteiger partial charge in [-0.3, -0.25) is 0 Å². The maximum Gasteiger partial charge on any atom is 0.416 e. The predicted molar refractivity (Wildman–Crippen MR) is 81.2 cm³/mol. The molecule has 0 amide bonds. The summed E-state index contributed by atoms with van der Waals surface area (Å²) in [6, 6.07) is 10.9. The molecule has 0 saturated carbocycles. The molecule has 1 unspecified atom stereocenters. The van der Waals surface area contributed by atoms with E-state index in [-0.39, 0.29) is 6.04 Å². The number of nitrogens with one attached hydrogen (secondary N) is 1. The van der Waals surface area contributed by atoms with Crippen LogP contribution >= 0.6 is 15.9 Å². The number of benzene rings is 2. The van der Waals surface area contributed by atoms with Crippen LogP contribution in [0.4, 0.5) is 13.2 Å². The lowest BCUT2D eigenvalue weighted by Gasteiger charge is -2.21. The highest BCUT2D eigenvalue weighted by molar-refractivity contribution is 9.10. The molecule has 2 aromatic rings. The Labute approximate surface area is 130 Å². The average molecular weight is 358 g/mol. The minimum atomic E-state index is -4.34. The molecular formula is C16H15BrF3N. The fraction of sp³-hybridized carbons (Fsp3) is 0.250. The van der Waals surface area contributed by atoms with Gasteiger partial charge >= 0.3 is 6.18 Å². The Kier molecular flexibility index (Phi) is 4.74. The first-order valence-corrected chi connectivity index (χ1v) is 7.23. The van der Waals surface area contributed by atoms with Crippen molar-refractivity contribution < 1.29 is 13.2 Å². The normalized spacial score (nSPS) is 13.2. The second-order valence-corrected chi connectivity index (χ2v) is 5.62. The zero-order valence-corrected chi connectivity index (χ0v) is 13.2. The van der Waals surface area contributed by atoms with Crippen LogP contribution in [0, 0.1) is 6.92 Å². The van der Waals surface area contributed by atoms with Crippen LogP contribution in [0.15, 0.2) is 46.9 Å². The minimum Gasteiger partial charge on any atom is -0.309 e. The molecule has 0 aromatic heterocycles. The van der Waals surface area contributed by atoms with Gasteiger partial charge in [0, 0.05) is 4.47 Å². The van der Waals surface area contributed by atoms with E-state index < -0.39 is 11.7 Å². The van der Waals surface area contributed by atoms with Crippen molar-refractivity contribution in [1.82, 2.24) is 5.32 Å². The average Bonchev–Trinajstić information content (AvgIpc) is 2.44. The van der Waals surface area contributed by atoms with Gasteiger partial charge in [0.1, 0.15) is 0 Å². The number of halogens is 4. The van der Waals surface area contributed by atoms with Crippen molar-refractivity contribution in [3.05, 3.63) is 69.2 Å². The highest BCUT2D eigenvalue weighted by atomic mass is 79.9. The summed E-state index contributed by atoms with van der Waals surface area (Å²) in [6.07, 6.45) is -4.34. The van der Waals surface area contributed by atoms with Gasteiger partial charge in [0.25, 0.3) is 0 Å². The molecule has 0 saturated heterocycles. The Hall–Kier alpha value is -1.33. The third-order valence-electron chi connectivity index (χ3n) is 3.37. The van der Waals surface area contributed by atoms with Gasteiger partial charge in [0.2, 0.25) is 0 Å². The maximum atomic E-state index is 12.9. The van der Waals surface area contributed by atoms with Crippen LogP contribution in [0.1, 0.15) is 28.3 Å². The first-order valence-electron chi connectivity index (χ1n) is 6.44. The molecular weight excluding hydrogens is 343 g/mol. The van der Waals surface area contributed by atoms with Gasteiger partial charge in [-0.1, -0.05) is 46.3 Å². The van der Waals surface area contributed by atoms with Crippen LogP contribution in [-0.2, 0) is 6.18 Å². The predicted octanol–water partition coefficient (Wildman–Crippen LogP) is 5.09. The topological polar surface area (TPSA) is 12.0 Å². The largest absolute Gasteiger partial charge is 0.416 e. The van der Waals surface area contributed by atoms with Crippen LogP contribution in [0.2, 0.25) is 0 Å². The molecule has 0 aliphatic heterocycles. The minimum absolute atomic E-state index is 0.304.